The summed E-state index contributed by atoms with van der Waals surface area (Å²) < 4.78 is 0. The van der Waals surface area contributed by atoms with Crippen LogP contribution in [-0.2, 0) is 4.79 Å². The minimum absolute atomic E-state index is 0.0949. The molecule has 1 fully saturated rings. The average Bonchev–Trinajstić information content (AvgIpc) is 1.61. The molecule has 0 aliphatic heterocycles. The molecule has 2 atom stereocenters. The van der Waals surface area contributed by atoms with Crippen molar-refractivity contribution in [3.63, 3.8) is 0 Å². The van der Waals surface area contributed by atoms with E-state index in [1.165, 1.54) is 0 Å². The Kier molecular flexibility index (Phi) is 1.39. The minimum Gasteiger partial charge on any atom is -0.369 e. The largest absolute Gasteiger partial charge is 0.369 e. The van der Waals surface area contributed by atoms with Crippen LogP contribution in [0.1, 0.15) is 12.8 Å². The molecule has 0 aromatic carbocycles. The van der Waals surface area contributed by atoms with Crippen molar-refractivity contribution in [2.75, 3.05) is 0 Å². The van der Waals surface area contributed by atoms with Gasteiger partial charge in [-0.15, -0.1) is 0 Å². The third-order valence-corrected chi connectivity index (χ3v) is 1.81. The number of hydrogen-bond donors (Lipinski definition) is 1. The second kappa shape index (κ2) is 2.06. The number of primary amides is 1. The van der Waals surface area contributed by atoms with Gasteiger partial charge in [0, 0.05) is 0 Å². The van der Waals surface area contributed by atoms with Gasteiger partial charge in [-0.2, -0.15) is 5.26 Å². The van der Waals surface area contributed by atoms with Gasteiger partial charge >= 0.3 is 0 Å². The Hall–Kier alpha value is -1.04. The molecule has 0 saturated heterocycles. The fourth-order valence-corrected chi connectivity index (χ4v) is 0.995. The second-order valence-electron chi connectivity index (χ2n) is 2.32. The fourth-order valence-electron chi connectivity index (χ4n) is 0.995. The highest BCUT2D eigenvalue weighted by Crippen LogP contribution is 2.32. The summed E-state index contributed by atoms with van der Waals surface area (Å²) in [6, 6.07) is 2.03. The zero-order valence-electron chi connectivity index (χ0n) is 5.00. The summed E-state index contributed by atoms with van der Waals surface area (Å²) in [4.78, 5) is 10.4. The molecule has 1 amide bonds. The maximum atomic E-state index is 10.4. The molecule has 9 heavy (non-hydrogen) atoms. The minimum atomic E-state index is -0.326. The van der Waals surface area contributed by atoms with E-state index in [4.69, 9.17) is 11.0 Å². The van der Waals surface area contributed by atoms with E-state index in [9.17, 15) is 4.79 Å². The predicted molar refractivity (Wildman–Crippen MR) is 31.0 cm³/mol. The number of nitrogens with two attached hydrogens (primary N) is 1. The van der Waals surface area contributed by atoms with Crippen molar-refractivity contribution < 1.29 is 4.79 Å². The van der Waals surface area contributed by atoms with E-state index >= 15 is 0 Å². The van der Waals surface area contributed by atoms with Gasteiger partial charge in [0.25, 0.3) is 0 Å². The molecule has 0 unspecified atom stereocenters. The maximum Gasteiger partial charge on any atom is 0.221 e. The van der Waals surface area contributed by atoms with E-state index in [2.05, 4.69) is 0 Å². The van der Waals surface area contributed by atoms with Crippen molar-refractivity contribution in [2.45, 2.75) is 12.8 Å². The molecule has 0 heterocycles. The van der Waals surface area contributed by atoms with Gasteiger partial charge in [0.05, 0.1) is 17.9 Å². The quantitative estimate of drug-likeness (QED) is 0.535. The zero-order valence-corrected chi connectivity index (χ0v) is 5.00. The highest BCUT2D eigenvalue weighted by atomic mass is 16.1. The molecule has 1 rings (SSSR count). The summed E-state index contributed by atoms with van der Waals surface area (Å²) >= 11 is 0. The Morgan fingerprint density at radius 2 is 2.33 bits per heavy atom. The van der Waals surface area contributed by atoms with Crippen molar-refractivity contribution in [1.82, 2.24) is 0 Å². The van der Waals surface area contributed by atoms with Crippen LogP contribution in [0.3, 0.4) is 0 Å². The molecule has 2 N–H and O–H groups in total. The van der Waals surface area contributed by atoms with Crippen molar-refractivity contribution >= 4 is 5.91 Å². The zero-order chi connectivity index (χ0) is 6.85. The summed E-state index contributed by atoms with van der Waals surface area (Å²) in [7, 11) is 0. The van der Waals surface area contributed by atoms with Crippen LogP contribution in [0, 0.1) is 23.2 Å². The molecule has 3 nitrogen and oxygen atoms in total. The van der Waals surface area contributed by atoms with Crippen LogP contribution in [0.4, 0.5) is 0 Å². The molecule has 1 saturated carbocycles. The molecule has 48 valence electrons. The maximum absolute atomic E-state index is 10.4. The van der Waals surface area contributed by atoms with Crippen LogP contribution in [0.2, 0.25) is 0 Å². The SMILES string of the molecule is N#C[C@@H]1CC[C@H]1C(N)=O. The summed E-state index contributed by atoms with van der Waals surface area (Å²) in [5, 5.41) is 8.35. The van der Waals surface area contributed by atoms with Crippen LogP contribution in [0.15, 0.2) is 0 Å². The molecule has 0 aromatic heterocycles. The fraction of sp³-hybridized carbons (Fsp3) is 0.667. The third-order valence-electron chi connectivity index (χ3n) is 1.81. The average molecular weight is 124 g/mol. The number of carbonyl (C=O) groups is 1. The summed E-state index contributed by atoms with van der Waals surface area (Å²) in [5.41, 5.74) is 4.97. The van der Waals surface area contributed by atoms with E-state index in [0.29, 0.717) is 0 Å². The van der Waals surface area contributed by atoms with E-state index < -0.39 is 0 Å². The molecule has 0 radical (unpaired) electrons. The lowest BCUT2D eigenvalue weighted by Gasteiger charge is -2.27. The third kappa shape index (κ3) is 0.879. The van der Waals surface area contributed by atoms with E-state index in [1.807, 2.05) is 6.07 Å². The van der Waals surface area contributed by atoms with Crippen molar-refractivity contribution in [1.29, 1.82) is 5.26 Å². The van der Waals surface area contributed by atoms with Gasteiger partial charge < -0.3 is 5.73 Å². The van der Waals surface area contributed by atoms with E-state index in [-0.39, 0.29) is 17.7 Å². The van der Waals surface area contributed by atoms with Crippen LogP contribution in [0.25, 0.3) is 0 Å². The number of amides is 1. The van der Waals surface area contributed by atoms with E-state index in [1.54, 1.807) is 0 Å². The predicted octanol–water partition coefficient (Wildman–Crippen LogP) is 0.0215. The van der Waals surface area contributed by atoms with Gasteiger partial charge in [-0.25, -0.2) is 0 Å². The van der Waals surface area contributed by atoms with Crippen molar-refractivity contribution in [2.24, 2.45) is 17.6 Å². The number of carbonyl (C=O) groups excluding carboxylic acids is 1. The Balaban J connectivity index is 2.47. The van der Waals surface area contributed by atoms with Gasteiger partial charge in [0.15, 0.2) is 0 Å². The summed E-state index contributed by atoms with van der Waals surface area (Å²) in [6.07, 6.45) is 1.64. The number of nitriles is 1. The van der Waals surface area contributed by atoms with Crippen LogP contribution in [-0.4, -0.2) is 5.91 Å². The Labute approximate surface area is 53.5 Å². The topological polar surface area (TPSA) is 66.9 Å². The van der Waals surface area contributed by atoms with Gasteiger partial charge in [-0.1, -0.05) is 0 Å². The first-order chi connectivity index (χ1) is 4.25. The Morgan fingerprint density at radius 1 is 1.67 bits per heavy atom. The molecular weight excluding hydrogens is 116 g/mol. The smallest absolute Gasteiger partial charge is 0.221 e. The first kappa shape index (κ1) is 6.09. The summed E-state index contributed by atoms with van der Waals surface area (Å²) in [5.74, 6) is -0.578. The lowest BCUT2D eigenvalue weighted by molar-refractivity contribution is -0.125. The molecule has 0 spiro atoms. The highest BCUT2D eigenvalue weighted by molar-refractivity contribution is 5.78. The first-order valence-electron chi connectivity index (χ1n) is 2.94. The first-order valence-corrected chi connectivity index (χ1v) is 2.94. The lowest BCUT2D eigenvalue weighted by atomic mass is 9.74. The lowest BCUT2D eigenvalue weighted by Crippen LogP contribution is -2.36. The number of rotatable bonds is 1. The van der Waals surface area contributed by atoms with E-state index in [0.717, 1.165) is 12.8 Å². The van der Waals surface area contributed by atoms with Gasteiger partial charge in [0.1, 0.15) is 0 Å². The van der Waals surface area contributed by atoms with Gasteiger partial charge in [-0.05, 0) is 12.8 Å². The van der Waals surface area contributed by atoms with Crippen LogP contribution < -0.4 is 5.73 Å². The Bertz CT molecular complexity index is 170. The molecule has 1 aliphatic rings. The monoisotopic (exact) mass is 124 g/mol. The molecular formula is C6H8N2O. The second-order valence-corrected chi connectivity index (χ2v) is 2.32. The molecule has 3 heteroatoms. The van der Waals surface area contributed by atoms with Crippen LogP contribution in [0.5, 0.6) is 0 Å². The van der Waals surface area contributed by atoms with Crippen molar-refractivity contribution in [3.8, 4) is 6.07 Å². The Morgan fingerprint density at radius 3 is 2.44 bits per heavy atom. The summed E-state index contributed by atoms with van der Waals surface area (Å²) in [6.45, 7) is 0. The highest BCUT2D eigenvalue weighted by Gasteiger charge is 2.34. The molecule has 1 aliphatic carbocycles. The number of hydrogen-bond acceptors (Lipinski definition) is 2. The molecule has 0 aromatic rings. The van der Waals surface area contributed by atoms with Crippen molar-refractivity contribution in [3.05, 3.63) is 0 Å². The molecule has 0 bridgehead atoms. The van der Waals surface area contributed by atoms with Gasteiger partial charge in [-0.3, -0.25) is 4.79 Å². The number of nitrogens with zero attached hydrogens (tertiary/aromatic N) is 1. The van der Waals surface area contributed by atoms with Gasteiger partial charge in [0.2, 0.25) is 5.91 Å². The normalized spacial score (nSPS) is 32.3. The van der Waals surface area contributed by atoms with Crippen LogP contribution >= 0.6 is 0 Å². The standard InChI is InChI=1S/C6H8N2O/c7-3-4-1-2-5(4)6(8)9/h4-5H,1-2H2,(H2,8,9)/t4-,5+/m0/s1.